The molecule has 1 N–H and O–H groups in total. The summed E-state index contributed by atoms with van der Waals surface area (Å²) in [4.78, 5) is 23.2. The molecule has 0 radical (unpaired) electrons. The molecule has 1 aromatic heterocycles. The fraction of sp³-hybridized carbons (Fsp3) is 0.200. The topological polar surface area (TPSA) is 125 Å². The smallest absolute Gasteiger partial charge is 0.276 e. The van der Waals surface area contributed by atoms with E-state index >= 15 is 0 Å². The molecule has 4 rings (SSSR count). The summed E-state index contributed by atoms with van der Waals surface area (Å²) in [6, 6.07) is 22.1. The minimum Gasteiger partial charge on any atom is -0.497 e. The maximum absolute atomic E-state index is 12.5. The number of nitrogens with zero attached hydrogens (tertiary/aromatic N) is 5. The zero-order chi connectivity index (χ0) is 29.4. The van der Waals surface area contributed by atoms with Gasteiger partial charge in [-0.15, -0.1) is 10.2 Å². The van der Waals surface area contributed by atoms with Gasteiger partial charge in [0.05, 0.1) is 23.3 Å². The second-order valence-corrected chi connectivity index (χ2v) is 10.9. The number of thioether (sulfide) groups is 1. The standard InChI is InChI=1S/C30H30N6O4S/c1-30(2,3)23-13-11-22(12-14-23)28-33-34-29(35(28)24-15-17-25(40-4)18-16-24)41-20-27(37)32-31-19-7-9-21-8-5-6-10-26(21)36(38)39/h5-19H,20H2,1-4H3,(H,32,37)/b9-7-,31-19-. The Kier molecular flexibility index (Phi) is 9.30. The molecule has 0 saturated carbocycles. The first-order valence-corrected chi connectivity index (χ1v) is 13.7. The molecule has 0 saturated heterocycles. The molecule has 41 heavy (non-hydrogen) atoms. The number of carbonyl (C=O) groups is 1. The van der Waals surface area contributed by atoms with Crippen molar-refractivity contribution >= 4 is 35.6 Å². The van der Waals surface area contributed by atoms with Gasteiger partial charge in [0.1, 0.15) is 5.75 Å². The highest BCUT2D eigenvalue weighted by atomic mass is 32.2. The highest BCUT2D eigenvalue weighted by Gasteiger charge is 2.19. The molecule has 1 amide bonds. The first kappa shape index (κ1) is 29.2. The predicted octanol–water partition coefficient (Wildman–Crippen LogP) is 6.06. The van der Waals surface area contributed by atoms with Gasteiger partial charge in [0.25, 0.3) is 11.6 Å². The number of nitrogens with one attached hydrogen (secondary N) is 1. The van der Waals surface area contributed by atoms with Gasteiger partial charge in [-0.25, -0.2) is 5.43 Å². The van der Waals surface area contributed by atoms with Crippen LogP contribution in [-0.2, 0) is 10.2 Å². The van der Waals surface area contributed by atoms with Crippen LogP contribution in [0.15, 0.2) is 89.1 Å². The van der Waals surface area contributed by atoms with E-state index in [0.29, 0.717) is 16.5 Å². The van der Waals surface area contributed by atoms with Crippen LogP contribution in [0.5, 0.6) is 5.75 Å². The maximum atomic E-state index is 12.5. The van der Waals surface area contributed by atoms with E-state index < -0.39 is 4.92 Å². The number of nitro benzene ring substituents is 1. The molecule has 0 aliphatic rings. The summed E-state index contributed by atoms with van der Waals surface area (Å²) in [5.74, 6) is 1.07. The van der Waals surface area contributed by atoms with Crippen molar-refractivity contribution in [2.45, 2.75) is 31.3 Å². The number of aromatic nitrogens is 3. The minimum absolute atomic E-state index is 0.0110. The number of benzene rings is 3. The van der Waals surface area contributed by atoms with E-state index in [1.54, 1.807) is 31.4 Å². The number of hydrogen-bond donors (Lipinski definition) is 1. The fourth-order valence-corrected chi connectivity index (χ4v) is 4.63. The zero-order valence-corrected chi connectivity index (χ0v) is 24.0. The first-order chi connectivity index (χ1) is 19.7. The molecule has 0 unspecified atom stereocenters. The van der Waals surface area contributed by atoms with E-state index in [1.807, 2.05) is 41.0 Å². The van der Waals surface area contributed by atoms with E-state index in [4.69, 9.17) is 4.74 Å². The molecular weight excluding hydrogens is 540 g/mol. The molecule has 0 aliphatic carbocycles. The maximum Gasteiger partial charge on any atom is 0.276 e. The Labute approximate surface area is 242 Å². The molecule has 0 aliphatic heterocycles. The second kappa shape index (κ2) is 13.1. The monoisotopic (exact) mass is 570 g/mol. The van der Waals surface area contributed by atoms with Crippen LogP contribution < -0.4 is 10.2 Å². The molecule has 0 fully saturated rings. The summed E-state index contributed by atoms with van der Waals surface area (Å²) in [6.45, 7) is 6.49. The summed E-state index contributed by atoms with van der Waals surface area (Å²) in [5.41, 5.74) is 5.84. The molecule has 1 heterocycles. The van der Waals surface area contributed by atoms with Gasteiger partial charge in [0, 0.05) is 23.5 Å². The summed E-state index contributed by atoms with van der Waals surface area (Å²) in [5, 5.41) is 24.4. The van der Waals surface area contributed by atoms with Crippen LogP contribution in [0.1, 0.15) is 31.9 Å². The Hall–Kier alpha value is -4.77. The van der Waals surface area contributed by atoms with E-state index in [-0.39, 0.29) is 22.8 Å². The average molecular weight is 571 g/mol. The van der Waals surface area contributed by atoms with Crippen LogP contribution >= 0.6 is 11.8 Å². The SMILES string of the molecule is COc1ccc(-n2c(SCC(=O)N/N=C\C=C/c3ccccc3[N+](=O)[O-])nnc2-c2ccc(C(C)(C)C)cc2)cc1. The first-order valence-electron chi connectivity index (χ1n) is 12.7. The van der Waals surface area contributed by atoms with Gasteiger partial charge >= 0.3 is 0 Å². The zero-order valence-electron chi connectivity index (χ0n) is 23.1. The highest BCUT2D eigenvalue weighted by molar-refractivity contribution is 7.99. The minimum atomic E-state index is -0.452. The van der Waals surface area contributed by atoms with Crippen LogP contribution in [0, 0.1) is 10.1 Å². The predicted molar refractivity (Wildman–Crippen MR) is 162 cm³/mol. The van der Waals surface area contributed by atoms with Crippen LogP contribution in [0.2, 0.25) is 0 Å². The lowest BCUT2D eigenvalue weighted by atomic mass is 9.87. The van der Waals surface area contributed by atoms with Crippen LogP contribution in [0.4, 0.5) is 5.69 Å². The molecular formula is C30H30N6O4S. The fourth-order valence-electron chi connectivity index (χ4n) is 3.89. The van der Waals surface area contributed by atoms with Gasteiger partial charge in [-0.2, -0.15) is 5.10 Å². The Morgan fingerprint density at radius 1 is 1.07 bits per heavy atom. The van der Waals surface area contributed by atoms with Gasteiger partial charge in [-0.3, -0.25) is 19.5 Å². The number of amides is 1. The van der Waals surface area contributed by atoms with Gasteiger partial charge in [-0.1, -0.05) is 68.9 Å². The van der Waals surface area contributed by atoms with E-state index in [2.05, 4.69) is 53.6 Å². The third-order valence-corrected chi connectivity index (χ3v) is 6.99. The van der Waals surface area contributed by atoms with E-state index in [1.165, 1.54) is 35.7 Å². The average Bonchev–Trinajstić information content (AvgIpc) is 3.39. The summed E-state index contributed by atoms with van der Waals surface area (Å²) >= 11 is 1.23. The van der Waals surface area contributed by atoms with Crippen molar-refractivity contribution in [1.29, 1.82) is 0 Å². The molecule has 0 bridgehead atoms. The Morgan fingerprint density at radius 3 is 2.44 bits per heavy atom. The molecule has 3 aromatic carbocycles. The highest BCUT2D eigenvalue weighted by Crippen LogP contribution is 2.30. The normalized spacial score (nSPS) is 11.7. The van der Waals surface area contributed by atoms with Crippen molar-refractivity contribution in [3.05, 3.63) is 100 Å². The number of allylic oxidation sites excluding steroid dienone is 1. The Bertz CT molecular complexity index is 1570. The number of rotatable bonds is 10. The van der Waals surface area contributed by atoms with E-state index in [0.717, 1.165) is 17.0 Å². The molecule has 11 heteroatoms. The molecule has 4 aromatic rings. The Balaban J connectivity index is 1.48. The summed E-state index contributed by atoms with van der Waals surface area (Å²) < 4.78 is 7.21. The molecule has 0 atom stereocenters. The van der Waals surface area contributed by atoms with Crippen molar-refractivity contribution in [3.63, 3.8) is 0 Å². The molecule has 210 valence electrons. The third kappa shape index (κ3) is 7.46. The number of nitro groups is 1. The van der Waals surface area contributed by atoms with Crippen LogP contribution in [0.25, 0.3) is 23.2 Å². The van der Waals surface area contributed by atoms with Crippen molar-refractivity contribution in [3.8, 4) is 22.8 Å². The molecule has 0 spiro atoms. The number of para-hydroxylation sites is 1. The van der Waals surface area contributed by atoms with Crippen molar-refractivity contribution < 1.29 is 14.5 Å². The Morgan fingerprint density at radius 2 is 1.78 bits per heavy atom. The van der Waals surface area contributed by atoms with E-state index in [9.17, 15) is 14.9 Å². The quantitative estimate of drug-likeness (QED) is 0.106. The van der Waals surface area contributed by atoms with Crippen LogP contribution in [-0.4, -0.2) is 44.7 Å². The van der Waals surface area contributed by atoms with Gasteiger partial charge in [-0.05, 0) is 53.5 Å². The second-order valence-electron chi connectivity index (χ2n) is 9.94. The number of hydrazone groups is 1. The lowest BCUT2D eigenvalue weighted by Crippen LogP contribution is -2.19. The molecule has 10 nitrogen and oxygen atoms in total. The number of hydrogen-bond acceptors (Lipinski definition) is 8. The van der Waals surface area contributed by atoms with Gasteiger partial charge < -0.3 is 4.74 Å². The summed E-state index contributed by atoms with van der Waals surface area (Å²) in [6.07, 6.45) is 4.43. The largest absolute Gasteiger partial charge is 0.497 e. The number of ether oxygens (including phenoxy) is 1. The van der Waals surface area contributed by atoms with Crippen molar-refractivity contribution in [2.75, 3.05) is 12.9 Å². The lowest BCUT2D eigenvalue weighted by Gasteiger charge is -2.19. The lowest BCUT2D eigenvalue weighted by molar-refractivity contribution is -0.385. The third-order valence-electron chi connectivity index (χ3n) is 6.06. The van der Waals surface area contributed by atoms with Gasteiger partial charge in [0.2, 0.25) is 0 Å². The van der Waals surface area contributed by atoms with Crippen molar-refractivity contribution in [1.82, 2.24) is 20.2 Å². The summed E-state index contributed by atoms with van der Waals surface area (Å²) in [7, 11) is 1.61. The van der Waals surface area contributed by atoms with Crippen LogP contribution in [0.3, 0.4) is 0 Å². The number of methoxy groups -OCH3 is 1. The van der Waals surface area contributed by atoms with Crippen molar-refractivity contribution in [2.24, 2.45) is 5.10 Å². The van der Waals surface area contributed by atoms with Gasteiger partial charge in [0.15, 0.2) is 11.0 Å². The number of carbonyl (C=O) groups excluding carboxylic acids is 1.